The molecule has 0 saturated carbocycles. The zero-order valence-electron chi connectivity index (χ0n) is 9.06. The molecule has 1 atom stereocenters. The number of allylic oxidation sites excluding steroid dienone is 4. The van der Waals surface area contributed by atoms with Crippen LogP contribution in [0.15, 0.2) is 54.6 Å². The van der Waals surface area contributed by atoms with Gasteiger partial charge in [0.1, 0.15) is 0 Å². The Hall–Kier alpha value is -1.50. The van der Waals surface area contributed by atoms with Crippen molar-refractivity contribution in [2.75, 3.05) is 11.9 Å². The van der Waals surface area contributed by atoms with Crippen LogP contribution in [0.2, 0.25) is 0 Å². The molecule has 0 fully saturated rings. The summed E-state index contributed by atoms with van der Waals surface area (Å²) in [5.41, 5.74) is 1.20. The van der Waals surface area contributed by atoms with E-state index in [-0.39, 0.29) is 0 Å². The third-order valence-electron chi connectivity index (χ3n) is 2.84. The van der Waals surface area contributed by atoms with Crippen LogP contribution in [0.3, 0.4) is 0 Å². The fourth-order valence-electron chi connectivity index (χ4n) is 1.80. The van der Waals surface area contributed by atoms with Crippen molar-refractivity contribution in [3.05, 3.63) is 54.6 Å². The van der Waals surface area contributed by atoms with Crippen LogP contribution >= 0.6 is 0 Å². The van der Waals surface area contributed by atoms with E-state index in [1.165, 1.54) is 5.69 Å². The summed E-state index contributed by atoms with van der Waals surface area (Å²) < 4.78 is 0. The first kappa shape index (κ1) is 10.0. The topological polar surface area (TPSA) is 12.0 Å². The summed E-state index contributed by atoms with van der Waals surface area (Å²) in [6, 6.07) is 10.4. The summed E-state index contributed by atoms with van der Waals surface area (Å²) >= 11 is 0. The Morgan fingerprint density at radius 2 is 1.80 bits per heavy atom. The number of rotatable bonds is 4. The molecule has 78 valence electrons. The molecule has 0 amide bonds. The fraction of sp³-hybridized carbons (Fsp3) is 0.286. The third-order valence-corrected chi connectivity index (χ3v) is 2.84. The van der Waals surface area contributed by atoms with Crippen molar-refractivity contribution in [2.24, 2.45) is 11.8 Å². The highest BCUT2D eigenvalue weighted by molar-refractivity contribution is 5.42. The van der Waals surface area contributed by atoms with Crippen LogP contribution in [0.5, 0.6) is 0 Å². The van der Waals surface area contributed by atoms with E-state index in [1.54, 1.807) is 0 Å². The van der Waals surface area contributed by atoms with Gasteiger partial charge in [0.2, 0.25) is 0 Å². The predicted molar refractivity (Wildman–Crippen MR) is 65.9 cm³/mol. The predicted octanol–water partition coefficient (Wildman–Crippen LogP) is 3.48. The Balaban J connectivity index is 1.83. The van der Waals surface area contributed by atoms with E-state index in [2.05, 4.69) is 60.8 Å². The molecular weight excluding hydrogens is 182 g/mol. The van der Waals surface area contributed by atoms with E-state index in [4.69, 9.17) is 0 Å². The third kappa shape index (κ3) is 2.72. The van der Waals surface area contributed by atoms with Gasteiger partial charge in [-0.2, -0.15) is 0 Å². The smallest absolute Gasteiger partial charge is 0.0340 e. The van der Waals surface area contributed by atoms with Crippen LogP contribution in [0.4, 0.5) is 5.69 Å². The van der Waals surface area contributed by atoms with Gasteiger partial charge in [-0.1, -0.05) is 49.4 Å². The summed E-state index contributed by atoms with van der Waals surface area (Å²) in [7, 11) is 0. The lowest BCUT2D eigenvalue weighted by atomic mass is 9.95. The van der Waals surface area contributed by atoms with Gasteiger partial charge in [0.15, 0.2) is 0 Å². The monoisotopic (exact) mass is 199 g/mol. The molecule has 0 saturated heterocycles. The molecule has 0 heterocycles. The number of hydrogen-bond acceptors (Lipinski definition) is 1. The largest absolute Gasteiger partial charge is 0.385 e. The van der Waals surface area contributed by atoms with Crippen molar-refractivity contribution in [2.45, 2.75) is 6.92 Å². The lowest BCUT2D eigenvalue weighted by Crippen LogP contribution is -2.16. The summed E-state index contributed by atoms with van der Waals surface area (Å²) in [6.07, 6.45) is 8.78. The molecular formula is C14H17N. The Labute approximate surface area is 91.5 Å². The van der Waals surface area contributed by atoms with Crippen molar-refractivity contribution in [1.82, 2.24) is 0 Å². The molecule has 0 aliphatic heterocycles. The van der Waals surface area contributed by atoms with Crippen LogP contribution < -0.4 is 5.32 Å². The number of nitrogens with one attached hydrogen (secondary N) is 1. The quantitative estimate of drug-likeness (QED) is 0.782. The van der Waals surface area contributed by atoms with Crippen molar-refractivity contribution in [3.63, 3.8) is 0 Å². The van der Waals surface area contributed by atoms with Gasteiger partial charge in [0.05, 0.1) is 0 Å². The normalized spacial score (nSPS) is 16.9. The second-order valence-corrected chi connectivity index (χ2v) is 4.07. The van der Waals surface area contributed by atoms with Gasteiger partial charge in [-0.3, -0.25) is 0 Å². The van der Waals surface area contributed by atoms with E-state index in [1.807, 2.05) is 6.07 Å². The standard InChI is InChI=1S/C14H17N/c1-12(13-7-5-6-8-13)11-15-14-9-3-2-4-10-14/h2-10,12-13,15H,11H2,1H3. The van der Waals surface area contributed by atoms with Crippen LogP contribution in [0, 0.1) is 11.8 Å². The van der Waals surface area contributed by atoms with Gasteiger partial charge in [0, 0.05) is 12.2 Å². The van der Waals surface area contributed by atoms with Crippen molar-refractivity contribution in [3.8, 4) is 0 Å². The van der Waals surface area contributed by atoms with Crippen LogP contribution in [-0.4, -0.2) is 6.54 Å². The lowest BCUT2D eigenvalue weighted by Gasteiger charge is -2.17. The molecule has 1 heteroatoms. The number of hydrogen-bond donors (Lipinski definition) is 1. The second-order valence-electron chi connectivity index (χ2n) is 4.07. The maximum Gasteiger partial charge on any atom is 0.0340 e. The minimum Gasteiger partial charge on any atom is -0.385 e. The summed E-state index contributed by atoms with van der Waals surface area (Å²) in [6.45, 7) is 3.30. The summed E-state index contributed by atoms with van der Waals surface area (Å²) in [5, 5.41) is 3.45. The van der Waals surface area contributed by atoms with Crippen molar-refractivity contribution >= 4 is 5.69 Å². The van der Waals surface area contributed by atoms with Gasteiger partial charge >= 0.3 is 0 Å². The average molecular weight is 199 g/mol. The summed E-state index contributed by atoms with van der Waals surface area (Å²) in [5.74, 6) is 1.24. The van der Waals surface area contributed by atoms with Crippen molar-refractivity contribution in [1.29, 1.82) is 0 Å². The average Bonchev–Trinajstić information content (AvgIpc) is 2.81. The van der Waals surface area contributed by atoms with E-state index in [9.17, 15) is 0 Å². The molecule has 0 aromatic heterocycles. The molecule has 1 nitrogen and oxygen atoms in total. The molecule has 1 unspecified atom stereocenters. The minimum atomic E-state index is 0.598. The van der Waals surface area contributed by atoms with E-state index in [0.29, 0.717) is 11.8 Å². The highest BCUT2D eigenvalue weighted by Crippen LogP contribution is 2.19. The molecule has 1 aliphatic carbocycles. The molecule has 0 spiro atoms. The Morgan fingerprint density at radius 1 is 1.13 bits per heavy atom. The molecule has 0 radical (unpaired) electrons. The first-order valence-electron chi connectivity index (χ1n) is 5.50. The summed E-state index contributed by atoms with van der Waals surface area (Å²) in [4.78, 5) is 0. The van der Waals surface area contributed by atoms with E-state index < -0.39 is 0 Å². The second kappa shape index (κ2) is 4.83. The van der Waals surface area contributed by atoms with Gasteiger partial charge in [-0.05, 0) is 24.0 Å². The molecule has 1 aliphatic rings. The first-order valence-corrected chi connectivity index (χ1v) is 5.50. The Bertz CT molecular complexity index is 339. The van der Waals surface area contributed by atoms with Crippen molar-refractivity contribution < 1.29 is 0 Å². The SMILES string of the molecule is CC(CNc1ccccc1)C1C=CC=C1. The van der Waals surface area contributed by atoms with Crippen LogP contribution in [0.25, 0.3) is 0 Å². The number of anilines is 1. The van der Waals surface area contributed by atoms with E-state index >= 15 is 0 Å². The molecule has 15 heavy (non-hydrogen) atoms. The van der Waals surface area contributed by atoms with Gasteiger partial charge in [-0.15, -0.1) is 0 Å². The highest BCUT2D eigenvalue weighted by atomic mass is 14.9. The fourth-order valence-corrected chi connectivity index (χ4v) is 1.80. The Morgan fingerprint density at radius 3 is 2.47 bits per heavy atom. The minimum absolute atomic E-state index is 0.598. The molecule has 1 N–H and O–H groups in total. The molecule has 2 rings (SSSR count). The molecule has 1 aromatic rings. The number of benzene rings is 1. The first-order chi connectivity index (χ1) is 7.36. The zero-order valence-corrected chi connectivity index (χ0v) is 9.06. The maximum atomic E-state index is 3.45. The molecule has 1 aromatic carbocycles. The van der Waals surface area contributed by atoms with Gasteiger partial charge in [0.25, 0.3) is 0 Å². The zero-order chi connectivity index (χ0) is 10.5. The van der Waals surface area contributed by atoms with Crippen LogP contribution in [-0.2, 0) is 0 Å². The van der Waals surface area contributed by atoms with Gasteiger partial charge in [-0.25, -0.2) is 0 Å². The highest BCUT2D eigenvalue weighted by Gasteiger charge is 2.12. The van der Waals surface area contributed by atoms with Gasteiger partial charge < -0.3 is 5.32 Å². The lowest BCUT2D eigenvalue weighted by molar-refractivity contribution is 0.529. The van der Waals surface area contributed by atoms with E-state index in [0.717, 1.165) is 6.54 Å². The number of para-hydroxylation sites is 1. The van der Waals surface area contributed by atoms with Crippen LogP contribution in [0.1, 0.15) is 6.92 Å². The maximum absolute atomic E-state index is 3.45. The Kier molecular flexibility index (Phi) is 3.23. The molecule has 0 bridgehead atoms.